The predicted molar refractivity (Wildman–Crippen MR) is 121 cm³/mol. The van der Waals surface area contributed by atoms with E-state index in [9.17, 15) is 0 Å². The van der Waals surface area contributed by atoms with E-state index in [1.165, 1.54) is 5.56 Å². The zero-order chi connectivity index (χ0) is 21.6. The van der Waals surface area contributed by atoms with Crippen molar-refractivity contribution in [3.63, 3.8) is 0 Å². The third kappa shape index (κ3) is 5.24. The Labute approximate surface area is 190 Å². The molecule has 0 atom stereocenters. The van der Waals surface area contributed by atoms with Crippen LogP contribution in [0.25, 0.3) is 0 Å². The molecule has 6 nitrogen and oxygen atoms in total. The van der Waals surface area contributed by atoms with Gasteiger partial charge in [-0.25, -0.2) is 0 Å². The predicted octanol–water partition coefficient (Wildman–Crippen LogP) is 5.06. The SMILES string of the molecule is COc1ccc(CNCc2cc(Br)c(OCc3ccc4c(c3)OCO4)c(OC)c2)cc1. The zero-order valence-corrected chi connectivity index (χ0v) is 19.0. The molecule has 3 aromatic carbocycles. The third-order valence-corrected chi connectivity index (χ3v) is 5.52. The van der Waals surface area contributed by atoms with Gasteiger partial charge in [0, 0.05) is 13.1 Å². The van der Waals surface area contributed by atoms with E-state index >= 15 is 0 Å². The van der Waals surface area contributed by atoms with Crippen molar-refractivity contribution in [3.05, 3.63) is 75.8 Å². The van der Waals surface area contributed by atoms with Crippen molar-refractivity contribution >= 4 is 15.9 Å². The number of halogens is 1. The molecule has 1 aliphatic rings. The van der Waals surface area contributed by atoms with Crippen LogP contribution >= 0.6 is 15.9 Å². The Morgan fingerprint density at radius 2 is 1.58 bits per heavy atom. The molecule has 1 N–H and O–H groups in total. The maximum atomic E-state index is 6.05. The standard InChI is InChI=1S/C24H24BrNO5/c1-27-19-6-3-16(4-7-19)12-26-13-18-9-20(25)24(23(11-18)28-2)29-14-17-5-8-21-22(10-17)31-15-30-21/h3-11,26H,12-15H2,1-2H3. The molecule has 7 heteroatoms. The summed E-state index contributed by atoms with van der Waals surface area (Å²) in [7, 11) is 3.31. The lowest BCUT2D eigenvalue weighted by atomic mass is 10.1. The maximum absolute atomic E-state index is 6.05. The van der Waals surface area contributed by atoms with E-state index in [1.807, 2.05) is 42.5 Å². The van der Waals surface area contributed by atoms with Crippen LogP contribution < -0.4 is 29.0 Å². The molecule has 0 radical (unpaired) electrons. The number of fused-ring (bicyclic) bond motifs is 1. The molecule has 0 aromatic heterocycles. The minimum Gasteiger partial charge on any atom is -0.497 e. The molecule has 0 unspecified atom stereocenters. The fourth-order valence-corrected chi connectivity index (χ4v) is 3.90. The second kappa shape index (κ2) is 9.94. The van der Waals surface area contributed by atoms with Crippen molar-refractivity contribution in [2.24, 2.45) is 0 Å². The van der Waals surface area contributed by atoms with Gasteiger partial charge in [-0.05, 0) is 69.0 Å². The Morgan fingerprint density at radius 1 is 0.839 bits per heavy atom. The van der Waals surface area contributed by atoms with Crippen molar-refractivity contribution in [1.29, 1.82) is 0 Å². The van der Waals surface area contributed by atoms with E-state index in [2.05, 4.69) is 33.4 Å². The molecule has 0 spiro atoms. The first-order chi connectivity index (χ1) is 15.2. The van der Waals surface area contributed by atoms with Crippen LogP contribution in [0.5, 0.6) is 28.7 Å². The lowest BCUT2D eigenvalue weighted by molar-refractivity contribution is 0.174. The Kier molecular flexibility index (Phi) is 6.84. The molecule has 0 bridgehead atoms. The van der Waals surface area contributed by atoms with Gasteiger partial charge >= 0.3 is 0 Å². The highest BCUT2D eigenvalue weighted by Crippen LogP contribution is 2.38. The monoisotopic (exact) mass is 485 g/mol. The Hall–Kier alpha value is -2.90. The van der Waals surface area contributed by atoms with Gasteiger partial charge < -0.3 is 29.0 Å². The number of nitrogens with one attached hydrogen (secondary N) is 1. The summed E-state index contributed by atoms with van der Waals surface area (Å²) in [6, 6.07) is 17.8. The van der Waals surface area contributed by atoms with Crippen LogP contribution in [0, 0.1) is 0 Å². The minimum absolute atomic E-state index is 0.257. The van der Waals surface area contributed by atoms with Gasteiger partial charge in [-0.3, -0.25) is 0 Å². The van der Waals surface area contributed by atoms with Gasteiger partial charge in [0.05, 0.1) is 18.7 Å². The smallest absolute Gasteiger partial charge is 0.231 e. The van der Waals surface area contributed by atoms with Crippen molar-refractivity contribution in [2.75, 3.05) is 21.0 Å². The number of rotatable bonds is 9. The normalized spacial score (nSPS) is 12.0. The largest absolute Gasteiger partial charge is 0.497 e. The summed E-state index contributed by atoms with van der Waals surface area (Å²) in [6.45, 7) is 2.10. The van der Waals surface area contributed by atoms with E-state index in [-0.39, 0.29) is 6.79 Å². The molecule has 162 valence electrons. The summed E-state index contributed by atoms with van der Waals surface area (Å²) in [4.78, 5) is 0. The minimum atomic E-state index is 0.257. The van der Waals surface area contributed by atoms with E-state index in [4.69, 9.17) is 23.7 Å². The average Bonchev–Trinajstić information content (AvgIpc) is 3.26. The van der Waals surface area contributed by atoms with Crippen LogP contribution in [0.4, 0.5) is 0 Å². The number of ether oxygens (including phenoxy) is 5. The first kappa shape index (κ1) is 21.3. The number of hydrogen-bond acceptors (Lipinski definition) is 6. The molecule has 0 aliphatic carbocycles. The molecular weight excluding hydrogens is 462 g/mol. The Morgan fingerprint density at radius 3 is 2.35 bits per heavy atom. The summed E-state index contributed by atoms with van der Waals surface area (Å²) in [5.74, 6) is 3.70. The van der Waals surface area contributed by atoms with Crippen LogP contribution in [-0.4, -0.2) is 21.0 Å². The molecule has 1 aliphatic heterocycles. The van der Waals surface area contributed by atoms with Gasteiger partial charge in [0.25, 0.3) is 0 Å². The van der Waals surface area contributed by atoms with Crippen LogP contribution in [-0.2, 0) is 19.7 Å². The summed E-state index contributed by atoms with van der Waals surface area (Å²) < 4.78 is 28.5. The van der Waals surface area contributed by atoms with E-state index in [1.54, 1.807) is 14.2 Å². The molecule has 4 rings (SSSR count). The van der Waals surface area contributed by atoms with E-state index in [0.29, 0.717) is 24.7 Å². The number of methoxy groups -OCH3 is 2. The molecule has 0 fully saturated rings. The average molecular weight is 486 g/mol. The summed E-state index contributed by atoms with van der Waals surface area (Å²) in [5, 5.41) is 3.45. The first-order valence-electron chi connectivity index (χ1n) is 9.87. The fourth-order valence-electron chi connectivity index (χ4n) is 3.30. The molecule has 3 aromatic rings. The summed E-state index contributed by atoms with van der Waals surface area (Å²) in [5.41, 5.74) is 3.27. The van der Waals surface area contributed by atoms with Crippen molar-refractivity contribution in [2.45, 2.75) is 19.7 Å². The van der Waals surface area contributed by atoms with Crippen LogP contribution in [0.3, 0.4) is 0 Å². The topological polar surface area (TPSA) is 58.2 Å². The van der Waals surface area contributed by atoms with Crippen LogP contribution in [0.15, 0.2) is 59.1 Å². The van der Waals surface area contributed by atoms with Crippen molar-refractivity contribution in [1.82, 2.24) is 5.32 Å². The highest BCUT2D eigenvalue weighted by Gasteiger charge is 2.15. The van der Waals surface area contributed by atoms with E-state index < -0.39 is 0 Å². The summed E-state index contributed by atoms with van der Waals surface area (Å²) in [6.07, 6.45) is 0. The number of hydrogen-bond donors (Lipinski definition) is 1. The van der Waals surface area contributed by atoms with E-state index in [0.717, 1.165) is 39.4 Å². The maximum Gasteiger partial charge on any atom is 0.231 e. The summed E-state index contributed by atoms with van der Waals surface area (Å²) >= 11 is 3.62. The molecule has 0 saturated carbocycles. The zero-order valence-electron chi connectivity index (χ0n) is 17.4. The van der Waals surface area contributed by atoms with Crippen LogP contribution in [0.1, 0.15) is 16.7 Å². The molecular formula is C24H24BrNO5. The molecule has 0 amide bonds. The van der Waals surface area contributed by atoms with Crippen molar-refractivity contribution in [3.8, 4) is 28.7 Å². The van der Waals surface area contributed by atoms with Gasteiger partial charge in [0.1, 0.15) is 12.4 Å². The number of benzene rings is 3. The molecule has 31 heavy (non-hydrogen) atoms. The van der Waals surface area contributed by atoms with Gasteiger partial charge in [0.2, 0.25) is 6.79 Å². The van der Waals surface area contributed by atoms with Gasteiger partial charge in [-0.2, -0.15) is 0 Å². The highest BCUT2D eigenvalue weighted by molar-refractivity contribution is 9.10. The van der Waals surface area contributed by atoms with Crippen molar-refractivity contribution < 1.29 is 23.7 Å². The Balaban J connectivity index is 1.38. The first-order valence-corrected chi connectivity index (χ1v) is 10.7. The molecule has 0 saturated heterocycles. The van der Waals surface area contributed by atoms with Gasteiger partial charge in [0.15, 0.2) is 23.0 Å². The molecule has 1 heterocycles. The second-order valence-corrected chi connectivity index (χ2v) is 7.89. The lowest BCUT2D eigenvalue weighted by Crippen LogP contribution is -2.13. The lowest BCUT2D eigenvalue weighted by Gasteiger charge is -2.15. The third-order valence-electron chi connectivity index (χ3n) is 4.93. The van der Waals surface area contributed by atoms with Gasteiger partial charge in [-0.1, -0.05) is 18.2 Å². The second-order valence-electron chi connectivity index (χ2n) is 7.04. The quantitative estimate of drug-likeness (QED) is 0.456. The Bertz CT molecular complexity index is 1040. The van der Waals surface area contributed by atoms with Gasteiger partial charge in [-0.15, -0.1) is 0 Å². The fraction of sp³-hybridized carbons (Fsp3) is 0.250. The highest BCUT2D eigenvalue weighted by atomic mass is 79.9. The van der Waals surface area contributed by atoms with Crippen LogP contribution in [0.2, 0.25) is 0 Å².